The number of hydrogen-bond donors (Lipinski definition) is 0. The van der Waals surface area contributed by atoms with Gasteiger partial charge in [-0.25, -0.2) is 0 Å². The monoisotopic (exact) mass is 563 g/mol. The van der Waals surface area contributed by atoms with E-state index >= 15 is 0 Å². The Bertz CT molecular complexity index is 554. The molecule has 0 radical (unpaired) electrons. The first-order valence-electron chi connectivity index (χ1n) is 18.2. The summed E-state index contributed by atoms with van der Waals surface area (Å²) in [7, 11) is 0. The van der Waals surface area contributed by atoms with Gasteiger partial charge in [0.15, 0.2) is 0 Å². The Morgan fingerprint density at radius 2 is 0.950 bits per heavy atom. The predicted octanol–water partition coefficient (Wildman–Crippen LogP) is 13.0. The molecule has 4 unspecified atom stereocenters. The molecule has 0 aromatic rings. The molecule has 0 amide bonds. The SMILES string of the molecule is CCCCCCCCC=CCCCCCCCCC(C)CC(C)CC(C)CC(C)C(=O)OCCCCCCCC. The van der Waals surface area contributed by atoms with Crippen LogP contribution in [0.2, 0.25) is 0 Å². The van der Waals surface area contributed by atoms with E-state index in [1.165, 1.54) is 141 Å². The van der Waals surface area contributed by atoms with Crippen LogP contribution in [0.5, 0.6) is 0 Å². The van der Waals surface area contributed by atoms with Crippen molar-refractivity contribution in [1.82, 2.24) is 0 Å². The molecule has 0 aliphatic rings. The molecule has 0 aromatic carbocycles. The van der Waals surface area contributed by atoms with Gasteiger partial charge in [0.25, 0.3) is 0 Å². The van der Waals surface area contributed by atoms with E-state index in [4.69, 9.17) is 4.74 Å². The Hall–Kier alpha value is -0.790. The van der Waals surface area contributed by atoms with Gasteiger partial charge in [-0.15, -0.1) is 0 Å². The summed E-state index contributed by atoms with van der Waals surface area (Å²) in [4.78, 5) is 12.4. The van der Waals surface area contributed by atoms with Gasteiger partial charge in [-0.3, -0.25) is 4.79 Å². The summed E-state index contributed by atoms with van der Waals surface area (Å²) in [6, 6.07) is 0. The smallest absolute Gasteiger partial charge is 0.308 e. The highest BCUT2D eigenvalue weighted by atomic mass is 16.5. The number of allylic oxidation sites excluding steroid dienone is 2. The zero-order chi connectivity index (χ0) is 29.7. The normalized spacial score (nSPS) is 14.8. The minimum Gasteiger partial charge on any atom is -0.465 e. The van der Waals surface area contributed by atoms with Crippen molar-refractivity contribution in [2.75, 3.05) is 6.61 Å². The van der Waals surface area contributed by atoms with E-state index in [2.05, 4.69) is 53.7 Å². The lowest BCUT2D eigenvalue weighted by Gasteiger charge is -2.22. The second-order valence-electron chi connectivity index (χ2n) is 13.6. The molecule has 0 N–H and O–H groups in total. The van der Waals surface area contributed by atoms with Crippen molar-refractivity contribution < 1.29 is 9.53 Å². The number of carbonyl (C=O) groups is 1. The predicted molar refractivity (Wildman–Crippen MR) is 179 cm³/mol. The highest BCUT2D eigenvalue weighted by Crippen LogP contribution is 2.27. The lowest BCUT2D eigenvalue weighted by atomic mass is 9.84. The number of carbonyl (C=O) groups excluding carboxylic acids is 1. The fraction of sp³-hybridized carbons (Fsp3) is 0.921. The first-order valence-corrected chi connectivity index (χ1v) is 18.2. The molecule has 0 bridgehead atoms. The minimum absolute atomic E-state index is 0.0152. The van der Waals surface area contributed by atoms with Gasteiger partial charge in [0.1, 0.15) is 0 Å². The van der Waals surface area contributed by atoms with Gasteiger partial charge in [0.05, 0.1) is 12.5 Å². The van der Waals surface area contributed by atoms with Gasteiger partial charge in [-0.1, -0.05) is 156 Å². The molecular weight excluding hydrogens is 488 g/mol. The van der Waals surface area contributed by atoms with Gasteiger partial charge < -0.3 is 4.74 Å². The van der Waals surface area contributed by atoms with E-state index in [0.29, 0.717) is 12.5 Å². The Morgan fingerprint density at radius 3 is 1.50 bits per heavy atom. The van der Waals surface area contributed by atoms with Crippen molar-refractivity contribution >= 4 is 5.97 Å². The second-order valence-corrected chi connectivity index (χ2v) is 13.6. The van der Waals surface area contributed by atoms with Crippen LogP contribution in [0.3, 0.4) is 0 Å². The maximum atomic E-state index is 12.4. The van der Waals surface area contributed by atoms with Crippen molar-refractivity contribution in [2.24, 2.45) is 23.7 Å². The van der Waals surface area contributed by atoms with Crippen LogP contribution in [0.1, 0.15) is 196 Å². The van der Waals surface area contributed by atoms with Gasteiger partial charge in [0, 0.05) is 0 Å². The maximum absolute atomic E-state index is 12.4. The molecule has 0 aliphatic heterocycles. The van der Waals surface area contributed by atoms with E-state index in [1.54, 1.807) is 0 Å². The second kappa shape index (κ2) is 29.7. The first kappa shape index (κ1) is 39.2. The largest absolute Gasteiger partial charge is 0.465 e. The van der Waals surface area contributed by atoms with Gasteiger partial charge in [-0.05, 0) is 69.1 Å². The van der Waals surface area contributed by atoms with Crippen LogP contribution < -0.4 is 0 Å². The van der Waals surface area contributed by atoms with E-state index in [-0.39, 0.29) is 11.9 Å². The number of unbranched alkanes of at least 4 members (excludes halogenated alkanes) is 17. The standard InChI is InChI=1S/C38H74O2/c1-7-9-11-13-15-16-17-18-19-20-21-22-23-24-25-27-29-34(3)31-35(4)32-36(5)33-37(6)38(39)40-30-28-26-14-12-10-8-2/h18-19,34-37H,7-17,20-33H2,1-6H3. The van der Waals surface area contributed by atoms with Gasteiger partial charge in [-0.2, -0.15) is 0 Å². The first-order chi connectivity index (χ1) is 19.4. The van der Waals surface area contributed by atoms with Gasteiger partial charge >= 0.3 is 5.97 Å². The van der Waals surface area contributed by atoms with Crippen LogP contribution in [0.15, 0.2) is 12.2 Å². The van der Waals surface area contributed by atoms with Crippen LogP contribution in [0.4, 0.5) is 0 Å². The van der Waals surface area contributed by atoms with E-state index in [0.717, 1.165) is 24.7 Å². The Labute approximate surface area is 253 Å². The molecule has 4 atom stereocenters. The van der Waals surface area contributed by atoms with Crippen molar-refractivity contribution in [3.05, 3.63) is 12.2 Å². The zero-order valence-electron chi connectivity index (χ0n) is 28.5. The zero-order valence-corrected chi connectivity index (χ0v) is 28.5. The maximum Gasteiger partial charge on any atom is 0.308 e. The molecule has 0 saturated heterocycles. The molecule has 0 aromatic heterocycles. The highest BCUT2D eigenvalue weighted by Gasteiger charge is 2.20. The number of rotatable bonds is 30. The van der Waals surface area contributed by atoms with Crippen LogP contribution in [-0.2, 0) is 9.53 Å². The molecular formula is C38H74O2. The molecule has 2 nitrogen and oxygen atoms in total. The molecule has 2 heteroatoms. The summed E-state index contributed by atoms with van der Waals surface area (Å²) in [5.41, 5.74) is 0. The van der Waals surface area contributed by atoms with Crippen LogP contribution >= 0.6 is 0 Å². The molecule has 0 saturated carbocycles. The quantitative estimate of drug-likeness (QED) is 0.0494. The van der Waals surface area contributed by atoms with Crippen LogP contribution in [0, 0.1) is 23.7 Å². The van der Waals surface area contributed by atoms with Crippen molar-refractivity contribution in [3.8, 4) is 0 Å². The molecule has 0 fully saturated rings. The average Bonchev–Trinajstić information content (AvgIpc) is 2.91. The lowest BCUT2D eigenvalue weighted by molar-refractivity contribution is -0.148. The van der Waals surface area contributed by atoms with Crippen molar-refractivity contribution in [3.63, 3.8) is 0 Å². The molecule has 0 heterocycles. The van der Waals surface area contributed by atoms with E-state index < -0.39 is 0 Å². The highest BCUT2D eigenvalue weighted by molar-refractivity contribution is 5.71. The van der Waals surface area contributed by atoms with Crippen LogP contribution in [-0.4, -0.2) is 12.6 Å². The topological polar surface area (TPSA) is 26.3 Å². The lowest BCUT2D eigenvalue weighted by Crippen LogP contribution is -2.19. The fourth-order valence-electron chi connectivity index (χ4n) is 6.32. The van der Waals surface area contributed by atoms with Crippen LogP contribution in [0.25, 0.3) is 0 Å². The number of hydrogen-bond acceptors (Lipinski definition) is 2. The Morgan fingerprint density at radius 1 is 0.525 bits per heavy atom. The Kier molecular flexibility index (Phi) is 29.1. The molecule has 0 rings (SSSR count). The minimum atomic E-state index is 0.0152. The molecule has 238 valence electrons. The molecule has 0 spiro atoms. The number of ether oxygens (including phenoxy) is 1. The van der Waals surface area contributed by atoms with Crippen molar-refractivity contribution in [1.29, 1.82) is 0 Å². The Balaban J connectivity index is 3.66. The third-order valence-electron chi connectivity index (χ3n) is 8.72. The van der Waals surface area contributed by atoms with E-state index in [9.17, 15) is 4.79 Å². The van der Waals surface area contributed by atoms with Gasteiger partial charge in [0.2, 0.25) is 0 Å². The summed E-state index contributed by atoms with van der Waals surface area (Å²) in [5.74, 6) is 2.19. The number of esters is 1. The summed E-state index contributed by atoms with van der Waals surface area (Å²) < 4.78 is 5.56. The van der Waals surface area contributed by atoms with Crippen molar-refractivity contribution in [2.45, 2.75) is 196 Å². The summed E-state index contributed by atoms with van der Waals surface area (Å²) in [5, 5.41) is 0. The average molecular weight is 563 g/mol. The fourth-order valence-corrected chi connectivity index (χ4v) is 6.32. The van der Waals surface area contributed by atoms with E-state index in [1.807, 2.05) is 0 Å². The summed E-state index contributed by atoms with van der Waals surface area (Å²) in [6.45, 7) is 14.4. The third kappa shape index (κ3) is 27.4. The third-order valence-corrected chi connectivity index (χ3v) is 8.72. The molecule has 40 heavy (non-hydrogen) atoms. The molecule has 0 aliphatic carbocycles. The summed E-state index contributed by atoms with van der Waals surface area (Å²) in [6.07, 6.45) is 36.5. The summed E-state index contributed by atoms with van der Waals surface area (Å²) >= 11 is 0.